The Morgan fingerprint density at radius 3 is 2.62 bits per heavy atom. The number of halogens is 1. The van der Waals surface area contributed by atoms with Gasteiger partial charge in [0.1, 0.15) is 5.82 Å². The molecule has 1 amide bonds. The highest BCUT2D eigenvalue weighted by Gasteiger charge is 1.97. The molecule has 0 heterocycles. The molecular formula is C12H17FN2O. The molecule has 4 heteroatoms. The molecule has 0 aliphatic heterocycles. The van der Waals surface area contributed by atoms with Crippen molar-refractivity contribution in [3.63, 3.8) is 0 Å². The Morgan fingerprint density at radius 2 is 2.00 bits per heavy atom. The van der Waals surface area contributed by atoms with Crippen LogP contribution in [0.5, 0.6) is 0 Å². The highest BCUT2D eigenvalue weighted by atomic mass is 19.1. The first kappa shape index (κ1) is 12.6. The molecule has 1 aromatic carbocycles. The third kappa shape index (κ3) is 4.89. The van der Waals surface area contributed by atoms with E-state index in [1.165, 1.54) is 12.1 Å². The summed E-state index contributed by atoms with van der Waals surface area (Å²) in [6.07, 6.45) is 1.34. The Balaban J connectivity index is 2.11. The third-order valence-electron chi connectivity index (χ3n) is 2.28. The summed E-state index contributed by atoms with van der Waals surface area (Å²) in [5, 5.41) is 5.77. The van der Waals surface area contributed by atoms with Crippen molar-refractivity contribution in [3.8, 4) is 0 Å². The van der Waals surface area contributed by atoms with Crippen LogP contribution in [0.15, 0.2) is 24.3 Å². The molecule has 0 atom stereocenters. The van der Waals surface area contributed by atoms with Crippen LogP contribution in [0.3, 0.4) is 0 Å². The minimum Gasteiger partial charge on any atom is -0.359 e. The quantitative estimate of drug-likeness (QED) is 0.718. The van der Waals surface area contributed by atoms with Crippen LogP contribution in [-0.4, -0.2) is 19.5 Å². The van der Waals surface area contributed by atoms with E-state index in [0.29, 0.717) is 13.0 Å². The Morgan fingerprint density at radius 1 is 1.31 bits per heavy atom. The molecular weight excluding hydrogens is 207 g/mol. The van der Waals surface area contributed by atoms with Crippen molar-refractivity contribution >= 4 is 5.91 Å². The van der Waals surface area contributed by atoms with Crippen LogP contribution in [0.1, 0.15) is 18.4 Å². The monoisotopic (exact) mass is 224 g/mol. The average Bonchev–Trinajstić information content (AvgIpc) is 2.31. The second-order valence-electron chi connectivity index (χ2n) is 3.58. The molecule has 0 fully saturated rings. The SMILES string of the molecule is CNC(=O)CCCNCc1ccc(F)cc1. The summed E-state index contributed by atoms with van der Waals surface area (Å²) in [7, 11) is 1.63. The van der Waals surface area contributed by atoms with E-state index < -0.39 is 0 Å². The van der Waals surface area contributed by atoms with Gasteiger partial charge in [0.2, 0.25) is 5.91 Å². The fourth-order valence-corrected chi connectivity index (χ4v) is 1.33. The van der Waals surface area contributed by atoms with Gasteiger partial charge in [-0.25, -0.2) is 4.39 Å². The number of carbonyl (C=O) groups excluding carboxylic acids is 1. The number of rotatable bonds is 6. The van der Waals surface area contributed by atoms with Gasteiger partial charge in [-0.15, -0.1) is 0 Å². The Kier molecular flexibility index (Phi) is 5.50. The summed E-state index contributed by atoms with van der Waals surface area (Å²) in [6.45, 7) is 1.48. The van der Waals surface area contributed by atoms with E-state index in [4.69, 9.17) is 0 Å². The van der Waals surface area contributed by atoms with Crippen LogP contribution in [0, 0.1) is 5.82 Å². The Bertz CT molecular complexity index is 324. The first-order valence-electron chi connectivity index (χ1n) is 5.38. The summed E-state index contributed by atoms with van der Waals surface area (Å²) < 4.78 is 12.6. The van der Waals surface area contributed by atoms with Crippen LogP contribution < -0.4 is 10.6 Å². The molecule has 0 bridgehead atoms. The number of hydrogen-bond donors (Lipinski definition) is 2. The molecule has 0 unspecified atom stereocenters. The van der Waals surface area contributed by atoms with Gasteiger partial charge in [-0.3, -0.25) is 4.79 Å². The van der Waals surface area contributed by atoms with E-state index in [1.807, 2.05) is 0 Å². The van der Waals surface area contributed by atoms with Gasteiger partial charge in [-0.2, -0.15) is 0 Å². The van der Waals surface area contributed by atoms with Crippen molar-refractivity contribution in [1.29, 1.82) is 0 Å². The molecule has 2 N–H and O–H groups in total. The maximum Gasteiger partial charge on any atom is 0.219 e. The van der Waals surface area contributed by atoms with E-state index in [-0.39, 0.29) is 11.7 Å². The average molecular weight is 224 g/mol. The zero-order valence-corrected chi connectivity index (χ0v) is 9.42. The molecule has 1 rings (SSSR count). The minimum absolute atomic E-state index is 0.0589. The molecule has 16 heavy (non-hydrogen) atoms. The topological polar surface area (TPSA) is 41.1 Å². The van der Waals surface area contributed by atoms with Gasteiger partial charge in [-0.1, -0.05) is 12.1 Å². The van der Waals surface area contributed by atoms with Gasteiger partial charge in [-0.05, 0) is 30.7 Å². The summed E-state index contributed by atoms with van der Waals surface area (Å²) in [4.78, 5) is 10.9. The number of benzene rings is 1. The van der Waals surface area contributed by atoms with Crippen LogP contribution in [-0.2, 0) is 11.3 Å². The van der Waals surface area contributed by atoms with Crippen LogP contribution in [0.25, 0.3) is 0 Å². The molecule has 88 valence electrons. The summed E-state index contributed by atoms with van der Waals surface area (Å²) in [6, 6.07) is 6.39. The van der Waals surface area contributed by atoms with Crippen LogP contribution in [0.4, 0.5) is 4.39 Å². The molecule has 1 aromatic rings. The maximum atomic E-state index is 12.6. The lowest BCUT2D eigenvalue weighted by molar-refractivity contribution is -0.120. The number of nitrogens with one attached hydrogen (secondary N) is 2. The Hall–Kier alpha value is -1.42. The largest absolute Gasteiger partial charge is 0.359 e. The van der Waals surface area contributed by atoms with E-state index in [2.05, 4.69) is 10.6 Å². The highest BCUT2D eigenvalue weighted by molar-refractivity contribution is 5.75. The highest BCUT2D eigenvalue weighted by Crippen LogP contribution is 2.01. The first-order valence-corrected chi connectivity index (χ1v) is 5.38. The van der Waals surface area contributed by atoms with Crippen molar-refractivity contribution in [2.75, 3.05) is 13.6 Å². The lowest BCUT2D eigenvalue weighted by atomic mass is 10.2. The molecule has 0 spiro atoms. The van der Waals surface area contributed by atoms with E-state index in [9.17, 15) is 9.18 Å². The molecule has 0 saturated carbocycles. The van der Waals surface area contributed by atoms with Crippen molar-refractivity contribution in [1.82, 2.24) is 10.6 Å². The zero-order valence-electron chi connectivity index (χ0n) is 9.42. The molecule has 0 aromatic heterocycles. The molecule has 3 nitrogen and oxygen atoms in total. The van der Waals surface area contributed by atoms with Gasteiger partial charge in [0, 0.05) is 20.0 Å². The van der Waals surface area contributed by atoms with E-state index in [1.54, 1.807) is 19.2 Å². The second-order valence-corrected chi connectivity index (χ2v) is 3.58. The lowest BCUT2D eigenvalue weighted by Gasteiger charge is -2.04. The molecule has 0 aliphatic rings. The molecule has 0 aliphatic carbocycles. The van der Waals surface area contributed by atoms with Crippen LogP contribution in [0.2, 0.25) is 0 Å². The predicted molar refractivity (Wildman–Crippen MR) is 61.4 cm³/mol. The predicted octanol–water partition coefficient (Wildman–Crippen LogP) is 1.44. The normalized spacial score (nSPS) is 10.1. The maximum absolute atomic E-state index is 12.6. The minimum atomic E-state index is -0.219. The van der Waals surface area contributed by atoms with Crippen molar-refractivity contribution in [2.24, 2.45) is 0 Å². The third-order valence-corrected chi connectivity index (χ3v) is 2.28. The summed E-state index contributed by atoms with van der Waals surface area (Å²) >= 11 is 0. The smallest absolute Gasteiger partial charge is 0.219 e. The van der Waals surface area contributed by atoms with Gasteiger partial charge in [0.25, 0.3) is 0 Å². The number of amides is 1. The zero-order chi connectivity index (χ0) is 11.8. The standard InChI is InChI=1S/C12H17FN2O/c1-14-12(16)3-2-8-15-9-10-4-6-11(13)7-5-10/h4-7,15H,2-3,8-9H2,1H3,(H,14,16). The van der Waals surface area contributed by atoms with Gasteiger partial charge in [0.15, 0.2) is 0 Å². The van der Waals surface area contributed by atoms with Gasteiger partial charge in [0.05, 0.1) is 0 Å². The van der Waals surface area contributed by atoms with Crippen molar-refractivity contribution < 1.29 is 9.18 Å². The molecule has 0 saturated heterocycles. The Labute approximate surface area is 95.0 Å². The second kappa shape index (κ2) is 6.95. The van der Waals surface area contributed by atoms with Crippen LogP contribution >= 0.6 is 0 Å². The lowest BCUT2D eigenvalue weighted by Crippen LogP contribution is -2.20. The summed E-state index contributed by atoms with van der Waals surface area (Å²) in [5.41, 5.74) is 1.04. The van der Waals surface area contributed by atoms with Gasteiger partial charge >= 0.3 is 0 Å². The number of carbonyl (C=O) groups is 1. The molecule has 0 radical (unpaired) electrons. The fraction of sp³-hybridized carbons (Fsp3) is 0.417. The van der Waals surface area contributed by atoms with E-state index in [0.717, 1.165) is 18.5 Å². The number of hydrogen-bond acceptors (Lipinski definition) is 2. The van der Waals surface area contributed by atoms with Gasteiger partial charge < -0.3 is 10.6 Å². The van der Waals surface area contributed by atoms with Crippen molar-refractivity contribution in [2.45, 2.75) is 19.4 Å². The summed E-state index contributed by atoms with van der Waals surface area (Å²) in [5.74, 6) is -0.160. The van der Waals surface area contributed by atoms with Crippen molar-refractivity contribution in [3.05, 3.63) is 35.6 Å². The fourth-order valence-electron chi connectivity index (χ4n) is 1.33. The van der Waals surface area contributed by atoms with E-state index >= 15 is 0 Å². The first-order chi connectivity index (χ1) is 7.72.